The Bertz CT molecular complexity index is 625. The largest absolute Gasteiger partial charge is 0.316 e. The van der Waals surface area contributed by atoms with Crippen molar-refractivity contribution in [2.24, 2.45) is 5.41 Å². The molecule has 7 heteroatoms. The highest BCUT2D eigenvalue weighted by Crippen LogP contribution is 2.25. The second kappa shape index (κ2) is 7.55. The number of carbonyl (C=O) groups is 1. The normalized spacial score (nSPS) is 21.9. The number of carbonyl (C=O) groups excluding carboxylic acids is 1. The van der Waals surface area contributed by atoms with E-state index in [1.54, 1.807) is 12.1 Å². The summed E-state index contributed by atoms with van der Waals surface area (Å²) in [5, 5.41) is 3.30. The maximum absolute atomic E-state index is 12.3. The highest BCUT2D eigenvalue weighted by molar-refractivity contribution is 7.89. The first-order valence-electron chi connectivity index (χ1n) is 7.14. The number of Topliss-reactive ketones (excluding diaryl/α,β-unsaturated/α-hetero) is 1. The van der Waals surface area contributed by atoms with E-state index in [2.05, 4.69) is 17.0 Å². The highest BCUT2D eigenvalue weighted by Gasteiger charge is 2.28. The molecule has 2 N–H and O–H groups in total. The summed E-state index contributed by atoms with van der Waals surface area (Å²) in [6.07, 6.45) is 2.05. The average Bonchev–Trinajstić information content (AvgIpc) is 2.46. The summed E-state index contributed by atoms with van der Waals surface area (Å²) in [5.41, 5.74) is 0.340. The number of piperidine rings is 1. The van der Waals surface area contributed by atoms with Crippen LogP contribution in [0.1, 0.15) is 37.0 Å². The number of hydrogen-bond acceptors (Lipinski definition) is 4. The zero-order valence-electron chi connectivity index (χ0n) is 12.9. The SMILES string of the molecule is CC(=O)c1cccc(S(=O)(=O)NCC2(C)CCCNC2)c1.Cl. The standard InChI is InChI=1S/C15H22N2O3S.ClH/c1-12(18)13-5-3-6-14(9-13)21(19,20)17-11-15(2)7-4-8-16-10-15;/h3,5-6,9,16-17H,4,7-8,10-11H2,1-2H3;1H. The van der Waals surface area contributed by atoms with Gasteiger partial charge in [0.15, 0.2) is 5.78 Å². The Morgan fingerprint density at radius 2 is 2.14 bits per heavy atom. The first kappa shape index (κ1) is 19.1. The third-order valence-corrected chi connectivity index (χ3v) is 5.32. The number of halogens is 1. The van der Waals surface area contributed by atoms with Crippen LogP contribution in [-0.4, -0.2) is 33.8 Å². The molecular formula is C15H23ClN2O3S. The minimum Gasteiger partial charge on any atom is -0.316 e. The van der Waals surface area contributed by atoms with Crippen LogP contribution in [0.5, 0.6) is 0 Å². The molecule has 1 saturated heterocycles. The second-order valence-corrected chi connectivity index (χ2v) is 7.77. The molecule has 5 nitrogen and oxygen atoms in total. The Morgan fingerprint density at radius 3 is 2.73 bits per heavy atom. The van der Waals surface area contributed by atoms with Crippen LogP contribution in [0, 0.1) is 5.41 Å². The fourth-order valence-corrected chi connectivity index (χ4v) is 3.75. The monoisotopic (exact) mass is 346 g/mol. The van der Waals surface area contributed by atoms with E-state index >= 15 is 0 Å². The zero-order chi connectivity index (χ0) is 15.5. The van der Waals surface area contributed by atoms with Gasteiger partial charge in [0.05, 0.1) is 4.90 Å². The van der Waals surface area contributed by atoms with Crippen LogP contribution < -0.4 is 10.0 Å². The van der Waals surface area contributed by atoms with Crippen molar-refractivity contribution in [3.8, 4) is 0 Å². The zero-order valence-corrected chi connectivity index (χ0v) is 14.5. The van der Waals surface area contributed by atoms with Crippen molar-refractivity contribution in [2.75, 3.05) is 19.6 Å². The summed E-state index contributed by atoms with van der Waals surface area (Å²) in [6.45, 7) is 5.69. The predicted molar refractivity (Wildman–Crippen MR) is 89.1 cm³/mol. The van der Waals surface area contributed by atoms with Gasteiger partial charge in [-0.05, 0) is 43.9 Å². The van der Waals surface area contributed by atoms with Crippen molar-refractivity contribution < 1.29 is 13.2 Å². The van der Waals surface area contributed by atoms with Crippen molar-refractivity contribution in [3.05, 3.63) is 29.8 Å². The fourth-order valence-electron chi connectivity index (χ4n) is 2.50. The Hall–Kier alpha value is -0.950. The Labute approximate surface area is 138 Å². The van der Waals surface area contributed by atoms with Crippen LogP contribution >= 0.6 is 12.4 Å². The van der Waals surface area contributed by atoms with Gasteiger partial charge in [-0.2, -0.15) is 0 Å². The smallest absolute Gasteiger partial charge is 0.240 e. The molecule has 0 aromatic heterocycles. The molecule has 0 aliphatic carbocycles. The molecule has 1 aliphatic rings. The molecular weight excluding hydrogens is 324 g/mol. The summed E-state index contributed by atoms with van der Waals surface area (Å²) in [6, 6.07) is 6.14. The average molecular weight is 347 g/mol. The van der Waals surface area contributed by atoms with Crippen molar-refractivity contribution in [1.82, 2.24) is 10.0 Å². The number of sulfonamides is 1. The molecule has 1 heterocycles. The maximum atomic E-state index is 12.3. The summed E-state index contributed by atoms with van der Waals surface area (Å²) in [7, 11) is -3.58. The number of rotatable bonds is 5. The molecule has 22 heavy (non-hydrogen) atoms. The van der Waals surface area contributed by atoms with Gasteiger partial charge >= 0.3 is 0 Å². The Kier molecular flexibility index (Phi) is 6.55. The third kappa shape index (κ3) is 4.78. The van der Waals surface area contributed by atoms with Gasteiger partial charge in [0.25, 0.3) is 0 Å². The van der Waals surface area contributed by atoms with Crippen LogP contribution in [0.25, 0.3) is 0 Å². The van der Waals surface area contributed by atoms with Gasteiger partial charge in [0.1, 0.15) is 0 Å². The molecule has 0 spiro atoms. The molecule has 0 bridgehead atoms. The van der Waals surface area contributed by atoms with E-state index in [-0.39, 0.29) is 28.5 Å². The molecule has 1 fully saturated rings. The van der Waals surface area contributed by atoms with Gasteiger partial charge < -0.3 is 5.32 Å². The van der Waals surface area contributed by atoms with Crippen LogP contribution in [0.3, 0.4) is 0 Å². The van der Waals surface area contributed by atoms with Gasteiger partial charge in [0.2, 0.25) is 10.0 Å². The van der Waals surface area contributed by atoms with Crippen LogP contribution in [0.2, 0.25) is 0 Å². The molecule has 0 amide bonds. The van der Waals surface area contributed by atoms with E-state index < -0.39 is 10.0 Å². The van der Waals surface area contributed by atoms with Gasteiger partial charge in [0, 0.05) is 18.7 Å². The number of benzene rings is 1. The first-order chi connectivity index (χ1) is 9.82. The Balaban J connectivity index is 0.00000242. The molecule has 1 aliphatic heterocycles. The highest BCUT2D eigenvalue weighted by atomic mass is 35.5. The lowest BCUT2D eigenvalue weighted by Crippen LogP contribution is -2.45. The van der Waals surface area contributed by atoms with Crippen molar-refractivity contribution in [1.29, 1.82) is 0 Å². The van der Waals surface area contributed by atoms with Crippen molar-refractivity contribution in [2.45, 2.75) is 31.6 Å². The van der Waals surface area contributed by atoms with Crippen LogP contribution in [-0.2, 0) is 10.0 Å². The molecule has 124 valence electrons. The quantitative estimate of drug-likeness (QED) is 0.799. The Morgan fingerprint density at radius 1 is 1.41 bits per heavy atom. The van der Waals surface area contributed by atoms with E-state index in [1.165, 1.54) is 19.1 Å². The minimum atomic E-state index is -3.58. The third-order valence-electron chi connectivity index (χ3n) is 3.93. The number of ketones is 1. The predicted octanol–water partition coefficient (Wildman–Crippen LogP) is 1.98. The summed E-state index contributed by atoms with van der Waals surface area (Å²) in [4.78, 5) is 11.5. The molecule has 1 aromatic carbocycles. The topological polar surface area (TPSA) is 75.3 Å². The van der Waals surface area contributed by atoms with E-state index in [0.717, 1.165) is 25.9 Å². The molecule has 0 radical (unpaired) electrons. The first-order valence-corrected chi connectivity index (χ1v) is 8.62. The van der Waals surface area contributed by atoms with Crippen LogP contribution in [0.4, 0.5) is 0 Å². The van der Waals surface area contributed by atoms with E-state index in [9.17, 15) is 13.2 Å². The molecule has 1 atom stereocenters. The van der Waals surface area contributed by atoms with E-state index in [4.69, 9.17) is 0 Å². The minimum absolute atomic E-state index is 0. The van der Waals surface area contributed by atoms with Crippen molar-refractivity contribution >= 4 is 28.2 Å². The van der Waals surface area contributed by atoms with Gasteiger partial charge in [-0.3, -0.25) is 4.79 Å². The summed E-state index contributed by atoms with van der Waals surface area (Å²) < 4.78 is 27.4. The van der Waals surface area contributed by atoms with Crippen molar-refractivity contribution in [3.63, 3.8) is 0 Å². The second-order valence-electron chi connectivity index (χ2n) is 6.00. The van der Waals surface area contributed by atoms with Crippen LogP contribution in [0.15, 0.2) is 29.2 Å². The molecule has 2 rings (SSSR count). The van der Waals surface area contributed by atoms with Gasteiger partial charge in [-0.15, -0.1) is 12.4 Å². The molecule has 1 aromatic rings. The maximum Gasteiger partial charge on any atom is 0.240 e. The molecule has 1 unspecified atom stereocenters. The lowest BCUT2D eigenvalue weighted by Gasteiger charge is -2.34. The van der Waals surface area contributed by atoms with E-state index in [1.807, 2.05) is 0 Å². The lowest BCUT2D eigenvalue weighted by molar-refractivity contribution is 0.101. The fraction of sp³-hybridized carbons (Fsp3) is 0.533. The van der Waals surface area contributed by atoms with E-state index in [0.29, 0.717) is 12.1 Å². The van der Waals surface area contributed by atoms with Gasteiger partial charge in [-0.25, -0.2) is 13.1 Å². The number of nitrogens with one attached hydrogen (secondary N) is 2. The molecule has 0 saturated carbocycles. The number of hydrogen-bond donors (Lipinski definition) is 2. The van der Waals surface area contributed by atoms with Gasteiger partial charge in [-0.1, -0.05) is 19.1 Å². The summed E-state index contributed by atoms with van der Waals surface area (Å²) in [5.74, 6) is -0.143. The lowest BCUT2D eigenvalue weighted by atomic mass is 9.83. The summed E-state index contributed by atoms with van der Waals surface area (Å²) >= 11 is 0.